The lowest BCUT2D eigenvalue weighted by Crippen LogP contribution is -2.29. The van der Waals surface area contributed by atoms with Crippen LogP contribution >= 0.6 is 11.6 Å². The van der Waals surface area contributed by atoms with Crippen molar-refractivity contribution in [3.63, 3.8) is 0 Å². The van der Waals surface area contributed by atoms with E-state index in [1.54, 1.807) is 6.92 Å². The number of halogens is 2. The van der Waals surface area contributed by atoms with E-state index in [1.165, 1.54) is 18.2 Å². The molecule has 6 nitrogen and oxygen atoms in total. The van der Waals surface area contributed by atoms with E-state index < -0.39 is 17.6 Å². The molecule has 1 aromatic carbocycles. The number of rotatable bonds is 4. The van der Waals surface area contributed by atoms with Gasteiger partial charge in [-0.25, -0.2) is 15.2 Å². The van der Waals surface area contributed by atoms with Crippen LogP contribution in [0.25, 0.3) is 0 Å². The summed E-state index contributed by atoms with van der Waals surface area (Å²) in [5.74, 6) is -1.95. The van der Waals surface area contributed by atoms with Gasteiger partial charge < -0.3 is 0 Å². The second-order valence-corrected chi connectivity index (χ2v) is 4.82. The molecule has 0 saturated heterocycles. The van der Waals surface area contributed by atoms with Crippen LogP contribution < -0.4 is 10.9 Å². The zero-order chi connectivity index (χ0) is 15.4. The third-order valence-corrected chi connectivity index (χ3v) is 3.26. The average molecular weight is 311 g/mol. The van der Waals surface area contributed by atoms with Crippen LogP contribution in [-0.2, 0) is 9.59 Å². The minimum atomic E-state index is -0.600. The number of nitrogens with one attached hydrogen (secondary N) is 2. The van der Waals surface area contributed by atoms with Crippen LogP contribution in [0, 0.1) is 11.7 Å². The highest BCUT2D eigenvalue weighted by atomic mass is 35.5. The summed E-state index contributed by atoms with van der Waals surface area (Å²) in [6.07, 6.45) is 1.04. The molecule has 1 aliphatic heterocycles. The van der Waals surface area contributed by atoms with Gasteiger partial charge in [0.1, 0.15) is 5.82 Å². The van der Waals surface area contributed by atoms with Crippen molar-refractivity contribution in [2.75, 3.05) is 0 Å². The highest BCUT2D eigenvalue weighted by Gasteiger charge is 2.28. The Morgan fingerprint density at radius 3 is 3.00 bits per heavy atom. The minimum absolute atomic E-state index is 0.0795. The van der Waals surface area contributed by atoms with Crippen molar-refractivity contribution < 1.29 is 14.0 Å². The van der Waals surface area contributed by atoms with Gasteiger partial charge in [-0.2, -0.15) is 10.2 Å². The molecule has 8 heteroatoms. The molecule has 2 N–H and O–H groups in total. The van der Waals surface area contributed by atoms with Crippen molar-refractivity contribution in [1.82, 2.24) is 10.9 Å². The van der Waals surface area contributed by atoms with Gasteiger partial charge in [0.2, 0.25) is 11.8 Å². The van der Waals surface area contributed by atoms with Crippen molar-refractivity contribution in [3.8, 4) is 0 Å². The Labute approximate surface area is 125 Å². The zero-order valence-electron chi connectivity index (χ0n) is 11.1. The normalized spacial score (nSPS) is 17.8. The van der Waals surface area contributed by atoms with Crippen LogP contribution in [0.5, 0.6) is 0 Å². The Morgan fingerprint density at radius 1 is 1.62 bits per heavy atom. The van der Waals surface area contributed by atoms with Gasteiger partial charge in [-0.3, -0.25) is 9.59 Å². The summed E-state index contributed by atoms with van der Waals surface area (Å²) in [5, 5.41) is 7.56. The van der Waals surface area contributed by atoms with E-state index in [2.05, 4.69) is 21.1 Å². The number of hydrogen-bond donors (Lipinski definition) is 2. The van der Waals surface area contributed by atoms with Crippen LogP contribution in [0.2, 0.25) is 5.02 Å². The van der Waals surface area contributed by atoms with Crippen LogP contribution in [0.15, 0.2) is 28.4 Å². The molecule has 0 aliphatic carbocycles. The van der Waals surface area contributed by atoms with Gasteiger partial charge >= 0.3 is 0 Å². The SMILES string of the molecule is CC1=NNC(=O)[C@@H]1CC(=O)N/N=C\c1c(F)cccc1Cl. The van der Waals surface area contributed by atoms with E-state index in [0.29, 0.717) is 5.71 Å². The molecule has 0 radical (unpaired) electrons. The molecule has 0 unspecified atom stereocenters. The molecule has 1 heterocycles. The maximum atomic E-state index is 13.4. The fraction of sp³-hybridized carbons (Fsp3) is 0.231. The van der Waals surface area contributed by atoms with E-state index in [1.807, 2.05) is 0 Å². The molecular weight excluding hydrogens is 299 g/mol. The monoisotopic (exact) mass is 310 g/mol. The molecule has 0 fully saturated rings. The molecule has 21 heavy (non-hydrogen) atoms. The van der Waals surface area contributed by atoms with Gasteiger partial charge in [0.25, 0.3) is 0 Å². The van der Waals surface area contributed by atoms with Crippen LogP contribution in [0.1, 0.15) is 18.9 Å². The smallest absolute Gasteiger partial charge is 0.249 e. The lowest BCUT2D eigenvalue weighted by atomic mass is 10.0. The molecule has 2 rings (SSSR count). The van der Waals surface area contributed by atoms with E-state index in [9.17, 15) is 14.0 Å². The molecule has 0 aromatic heterocycles. The maximum absolute atomic E-state index is 13.4. The Balaban J connectivity index is 1.94. The first-order valence-electron chi connectivity index (χ1n) is 6.09. The summed E-state index contributed by atoms with van der Waals surface area (Å²) >= 11 is 5.81. The topological polar surface area (TPSA) is 82.9 Å². The van der Waals surface area contributed by atoms with E-state index >= 15 is 0 Å². The third-order valence-electron chi connectivity index (χ3n) is 2.94. The fourth-order valence-corrected chi connectivity index (χ4v) is 1.97. The molecular formula is C13H12ClFN4O2. The number of carbonyl (C=O) groups excluding carboxylic acids is 2. The van der Waals surface area contributed by atoms with Gasteiger partial charge in [-0.15, -0.1) is 0 Å². The molecule has 0 spiro atoms. The molecule has 1 aromatic rings. The standard InChI is InChI=1S/C13H12ClFN4O2/c1-7-8(13(21)19-17-7)5-12(20)18-16-6-9-10(14)3-2-4-11(9)15/h2-4,6,8H,5H2,1H3,(H,18,20)(H,19,21)/b16-6-/t8-/m1/s1. The number of carbonyl (C=O) groups is 2. The second-order valence-electron chi connectivity index (χ2n) is 4.41. The minimum Gasteiger partial charge on any atom is -0.273 e. The predicted octanol–water partition coefficient (Wildman–Crippen LogP) is 1.44. The maximum Gasteiger partial charge on any atom is 0.249 e. The van der Waals surface area contributed by atoms with E-state index in [0.717, 1.165) is 6.21 Å². The van der Waals surface area contributed by atoms with Crippen LogP contribution in [0.3, 0.4) is 0 Å². The van der Waals surface area contributed by atoms with Gasteiger partial charge in [-0.1, -0.05) is 17.7 Å². The van der Waals surface area contributed by atoms with Crippen molar-refractivity contribution in [1.29, 1.82) is 0 Å². The van der Waals surface area contributed by atoms with Crippen LogP contribution in [-0.4, -0.2) is 23.7 Å². The molecule has 2 amide bonds. The van der Waals surface area contributed by atoms with Gasteiger partial charge in [-0.05, 0) is 19.1 Å². The largest absolute Gasteiger partial charge is 0.273 e. The summed E-state index contributed by atoms with van der Waals surface area (Å²) in [6.45, 7) is 1.65. The summed E-state index contributed by atoms with van der Waals surface area (Å²) in [4.78, 5) is 23.1. The number of benzene rings is 1. The number of hydrogen-bond acceptors (Lipinski definition) is 4. The van der Waals surface area contributed by atoms with Gasteiger partial charge in [0, 0.05) is 17.7 Å². The van der Waals surface area contributed by atoms with Gasteiger partial charge in [0.15, 0.2) is 0 Å². The lowest BCUT2D eigenvalue weighted by Gasteiger charge is -2.05. The number of amides is 2. The molecule has 1 aliphatic rings. The highest BCUT2D eigenvalue weighted by molar-refractivity contribution is 6.33. The first-order valence-corrected chi connectivity index (χ1v) is 6.47. The quantitative estimate of drug-likeness (QED) is 0.651. The Bertz CT molecular complexity index is 625. The summed E-state index contributed by atoms with van der Waals surface area (Å²) < 4.78 is 13.4. The van der Waals surface area contributed by atoms with Crippen molar-refractivity contribution >= 4 is 35.3 Å². The Kier molecular flexibility index (Phi) is 4.64. The highest BCUT2D eigenvalue weighted by Crippen LogP contribution is 2.16. The molecule has 110 valence electrons. The third kappa shape index (κ3) is 3.63. The zero-order valence-corrected chi connectivity index (χ0v) is 11.8. The van der Waals surface area contributed by atoms with Crippen LogP contribution in [0.4, 0.5) is 4.39 Å². The first kappa shape index (κ1) is 15.1. The Morgan fingerprint density at radius 2 is 2.38 bits per heavy atom. The number of nitrogens with zero attached hydrogens (tertiary/aromatic N) is 2. The number of hydrazone groups is 2. The Hall–Kier alpha value is -2.28. The average Bonchev–Trinajstić information content (AvgIpc) is 2.74. The van der Waals surface area contributed by atoms with E-state index in [4.69, 9.17) is 11.6 Å². The predicted molar refractivity (Wildman–Crippen MR) is 76.5 cm³/mol. The fourth-order valence-electron chi connectivity index (χ4n) is 1.76. The van der Waals surface area contributed by atoms with Crippen molar-refractivity contribution in [3.05, 3.63) is 34.6 Å². The van der Waals surface area contributed by atoms with Crippen molar-refractivity contribution in [2.24, 2.45) is 16.1 Å². The molecule has 1 atom stereocenters. The lowest BCUT2D eigenvalue weighted by molar-refractivity contribution is -0.127. The van der Waals surface area contributed by atoms with Crippen molar-refractivity contribution in [2.45, 2.75) is 13.3 Å². The summed E-state index contributed by atoms with van der Waals surface area (Å²) in [5.41, 5.74) is 5.13. The van der Waals surface area contributed by atoms with Gasteiger partial charge in [0.05, 0.1) is 17.2 Å². The summed E-state index contributed by atoms with van der Waals surface area (Å²) in [6, 6.07) is 4.21. The summed E-state index contributed by atoms with van der Waals surface area (Å²) in [7, 11) is 0. The second kappa shape index (κ2) is 6.45. The molecule has 0 bridgehead atoms. The molecule has 0 saturated carbocycles. The first-order chi connectivity index (χ1) is 9.99. The van der Waals surface area contributed by atoms with E-state index in [-0.39, 0.29) is 22.9 Å².